The van der Waals surface area contributed by atoms with E-state index in [0.717, 1.165) is 74.9 Å². The van der Waals surface area contributed by atoms with E-state index in [2.05, 4.69) is 153 Å². The predicted octanol–water partition coefficient (Wildman–Crippen LogP) is 14.5. The number of benzene rings is 7. The SMILES string of the molecule is N#Cc1c(-c2ccncc2)c(-n2c3ccccc3c3ccc4c5ccccc5sc4c32)c(C#N)c(-n2c3ccccc3c3ccc4c5ccccc5sc4c32)c1-c1ccncc1. The normalized spacial score (nSPS) is 11.8. The Kier molecular flexibility index (Phi) is 7.38. The first-order valence-electron chi connectivity index (χ1n) is 20.3. The van der Waals surface area contributed by atoms with Crippen molar-refractivity contribution >= 4 is 107 Å². The molecular formula is C54H28N6S2. The third kappa shape index (κ3) is 4.65. The van der Waals surface area contributed by atoms with E-state index in [1.54, 1.807) is 47.5 Å². The zero-order valence-electron chi connectivity index (χ0n) is 32.7. The fourth-order valence-corrected chi connectivity index (χ4v) is 12.4. The number of rotatable bonds is 4. The van der Waals surface area contributed by atoms with Crippen LogP contribution in [0, 0.1) is 22.7 Å². The molecular weight excluding hydrogens is 797 g/mol. The Morgan fingerprint density at radius 1 is 0.387 bits per heavy atom. The Bertz CT molecular complexity index is 3870. The Morgan fingerprint density at radius 3 is 1.21 bits per heavy atom. The van der Waals surface area contributed by atoms with Crippen molar-refractivity contribution in [3.05, 3.63) is 182 Å². The van der Waals surface area contributed by atoms with Gasteiger partial charge in [0.15, 0.2) is 0 Å². The molecule has 0 radical (unpaired) electrons. The van der Waals surface area contributed by atoms with Gasteiger partial charge in [-0.05, 0) is 59.7 Å². The summed E-state index contributed by atoms with van der Waals surface area (Å²) in [6.45, 7) is 0. The van der Waals surface area contributed by atoms with Gasteiger partial charge in [0.1, 0.15) is 17.7 Å². The highest BCUT2D eigenvalue weighted by Crippen LogP contribution is 2.51. The quantitative estimate of drug-likeness (QED) is 0.177. The molecule has 62 heavy (non-hydrogen) atoms. The van der Waals surface area contributed by atoms with Crippen molar-refractivity contribution in [3.8, 4) is 45.8 Å². The minimum Gasteiger partial charge on any atom is -0.306 e. The summed E-state index contributed by atoms with van der Waals surface area (Å²) in [5.74, 6) is 0. The summed E-state index contributed by atoms with van der Waals surface area (Å²) in [4.78, 5) is 8.83. The molecule has 0 aliphatic heterocycles. The van der Waals surface area contributed by atoms with Crippen LogP contribution in [0.2, 0.25) is 0 Å². The Balaban J connectivity index is 1.33. The van der Waals surface area contributed by atoms with Crippen LogP contribution in [0.25, 0.3) is 118 Å². The van der Waals surface area contributed by atoms with E-state index < -0.39 is 0 Å². The fraction of sp³-hybridized carbons (Fsp3) is 0. The summed E-state index contributed by atoms with van der Waals surface area (Å²) in [7, 11) is 0. The monoisotopic (exact) mass is 824 g/mol. The summed E-state index contributed by atoms with van der Waals surface area (Å²) in [6.07, 6.45) is 7.03. The van der Waals surface area contributed by atoms with Gasteiger partial charge in [0.25, 0.3) is 0 Å². The highest BCUT2D eigenvalue weighted by Gasteiger charge is 2.32. The van der Waals surface area contributed by atoms with E-state index in [0.29, 0.717) is 33.6 Å². The average molecular weight is 825 g/mol. The third-order valence-electron chi connectivity index (χ3n) is 12.4. The van der Waals surface area contributed by atoms with Gasteiger partial charge in [-0.1, -0.05) is 97.1 Å². The summed E-state index contributed by atoms with van der Waals surface area (Å²) in [6, 6.07) is 56.2. The molecule has 0 saturated carbocycles. The van der Waals surface area contributed by atoms with Crippen molar-refractivity contribution in [1.29, 1.82) is 10.5 Å². The van der Waals surface area contributed by atoms with Crippen LogP contribution < -0.4 is 0 Å². The lowest BCUT2D eigenvalue weighted by Gasteiger charge is -2.25. The summed E-state index contributed by atoms with van der Waals surface area (Å²) in [5.41, 5.74) is 8.98. The molecule has 286 valence electrons. The predicted molar refractivity (Wildman–Crippen MR) is 257 cm³/mol. The molecule has 0 amide bonds. The minimum atomic E-state index is 0.448. The van der Waals surface area contributed by atoms with E-state index in [-0.39, 0.29) is 0 Å². The number of fused-ring (bicyclic) bond motifs is 14. The van der Waals surface area contributed by atoms with Crippen LogP contribution in [0.5, 0.6) is 0 Å². The smallest absolute Gasteiger partial charge is 0.104 e. The van der Waals surface area contributed by atoms with Crippen molar-refractivity contribution < 1.29 is 0 Å². The van der Waals surface area contributed by atoms with E-state index >= 15 is 0 Å². The van der Waals surface area contributed by atoms with Gasteiger partial charge < -0.3 is 9.13 Å². The minimum absolute atomic E-state index is 0.448. The number of nitrogens with zero attached hydrogens (tertiary/aromatic N) is 6. The van der Waals surface area contributed by atoms with Crippen LogP contribution in [0.4, 0.5) is 0 Å². The Morgan fingerprint density at radius 2 is 0.774 bits per heavy atom. The maximum atomic E-state index is 12.2. The van der Waals surface area contributed by atoms with Gasteiger partial charge in [-0.15, -0.1) is 22.7 Å². The first-order valence-corrected chi connectivity index (χ1v) is 21.9. The number of nitriles is 2. The zero-order valence-corrected chi connectivity index (χ0v) is 34.3. The maximum absolute atomic E-state index is 12.2. The van der Waals surface area contributed by atoms with Gasteiger partial charge in [0, 0.05) is 88.4 Å². The second-order valence-electron chi connectivity index (χ2n) is 15.5. The molecule has 0 atom stereocenters. The van der Waals surface area contributed by atoms with Crippen molar-refractivity contribution in [2.24, 2.45) is 0 Å². The number of hydrogen-bond acceptors (Lipinski definition) is 6. The molecule has 0 unspecified atom stereocenters. The molecule has 6 nitrogen and oxygen atoms in total. The molecule has 0 N–H and O–H groups in total. The molecule has 6 aromatic heterocycles. The molecule has 0 spiro atoms. The van der Waals surface area contributed by atoms with Gasteiger partial charge in [0.05, 0.1) is 48.4 Å². The van der Waals surface area contributed by atoms with Crippen LogP contribution in [0.15, 0.2) is 170 Å². The molecule has 0 bridgehead atoms. The molecule has 13 rings (SSSR count). The largest absolute Gasteiger partial charge is 0.306 e. The lowest BCUT2D eigenvalue weighted by molar-refractivity contribution is 1.12. The van der Waals surface area contributed by atoms with Crippen molar-refractivity contribution in [2.75, 3.05) is 0 Å². The van der Waals surface area contributed by atoms with Gasteiger partial charge in [-0.2, -0.15) is 10.5 Å². The molecule has 8 heteroatoms. The highest BCUT2D eigenvalue weighted by atomic mass is 32.1. The highest BCUT2D eigenvalue weighted by molar-refractivity contribution is 7.27. The standard InChI is InChI=1S/C54H28N6S2/c55-29-41-47(31-21-25-57-26-22-31)49(59-43-13-5-1-9-33(43)37-17-19-39-35-11-3-7-15-45(35)61-53(39)51(37)59)42(30-56)50(48(41)32-23-27-58-28-24-32)60-44-14-6-2-10-34(44)38-18-20-40-36-12-4-8-16-46(36)62-54(40)52(38)60/h1-28H. The summed E-state index contributed by atoms with van der Waals surface area (Å²) >= 11 is 3.52. The third-order valence-corrected chi connectivity index (χ3v) is 14.8. The van der Waals surface area contributed by atoms with Gasteiger partial charge in [0.2, 0.25) is 0 Å². The number of hydrogen-bond donors (Lipinski definition) is 0. The maximum Gasteiger partial charge on any atom is 0.104 e. The van der Waals surface area contributed by atoms with Crippen molar-refractivity contribution in [2.45, 2.75) is 0 Å². The van der Waals surface area contributed by atoms with Gasteiger partial charge in [-0.25, -0.2) is 0 Å². The van der Waals surface area contributed by atoms with Crippen LogP contribution in [-0.2, 0) is 0 Å². The molecule has 0 aliphatic carbocycles. The van der Waals surface area contributed by atoms with E-state index in [4.69, 9.17) is 0 Å². The van der Waals surface area contributed by atoms with Gasteiger partial charge in [-0.3, -0.25) is 9.97 Å². The number of pyridine rings is 2. The number of para-hydroxylation sites is 2. The van der Waals surface area contributed by atoms with Crippen molar-refractivity contribution in [3.63, 3.8) is 0 Å². The second-order valence-corrected chi connectivity index (χ2v) is 17.6. The summed E-state index contributed by atoms with van der Waals surface area (Å²) in [5, 5.41) is 32.9. The Labute approximate surface area is 361 Å². The van der Waals surface area contributed by atoms with E-state index in [9.17, 15) is 10.5 Å². The second kappa shape index (κ2) is 13.2. The molecule has 6 heterocycles. The topological polar surface area (TPSA) is 83.2 Å². The molecule has 0 aliphatic rings. The molecule has 0 saturated heterocycles. The van der Waals surface area contributed by atoms with E-state index in [1.807, 2.05) is 24.3 Å². The number of thiophene rings is 2. The van der Waals surface area contributed by atoms with E-state index in [1.165, 1.54) is 20.2 Å². The Hall–Kier alpha value is -8.14. The zero-order chi connectivity index (χ0) is 41.1. The molecule has 13 aromatic rings. The fourth-order valence-electron chi connectivity index (χ4n) is 9.91. The average Bonchev–Trinajstić information content (AvgIpc) is 4.09. The summed E-state index contributed by atoms with van der Waals surface area (Å²) < 4.78 is 9.16. The van der Waals surface area contributed by atoms with Crippen molar-refractivity contribution in [1.82, 2.24) is 19.1 Å². The lowest BCUT2D eigenvalue weighted by Crippen LogP contribution is -2.11. The number of aromatic nitrogens is 4. The van der Waals surface area contributed by atoms with Crippen LogP contribution in [0.1, 0.15) is 11.1 Å². The van der Waals surface area contributed by atoms with Crippen LogP contribution in [-0.4, -0.2) is 19.1 Å². The molecule has 0 fully saturated rings. The van der Waals surface area contributed by atoms with Crippen LogP contribution in [0.3, 0.4) is 0 Å². The first kappa shape index (κ1) is 34.7. The van der Waals surface area contributed by atoms with Gasteiger partial charge >= 0.3 is 0 Å². The molecule has 7 aromatic carbocycles. The first-order chi connectivity index (χ1) is 30.7. The lowest BCUT2D eigenvalue weighted by atomic mass is 9.86. The van der Waals surface area contributed by atoms with Crippen LogP contribution >= 0.6 is 22.7 Å².